The normalized spacial score (nSPS) is 35.9. The Labute approximate surface area is 188 Å². The summed E-state index contributed by atoms with van der Waals surface area (Å²) >= 11 is 0. The van der Waals surface area contributed by atoms with Crippen LogP contribution in [0.15, 0.2) is 42.8 Å². The molecule has 0 aromatic carbocycles. The summed E-state index contributed by atoms with van der Waals surface area (Å²) in [7, 11) is 0. The quantitative estimate of drug-likeness (QED) is 0.390. The van der Waals surface area contributed by atoms with Gasteiger partial charge in [-0.3, -0.25) is 9.78 Å². The predicted molar refractivity (Wildman–Crippen MR) is 126 cm³/mol. The topological polar surface area (TPSA) is 39.2 Å². The highest BCUT2D eigenvalue weighted by atomic mass is 16.5. The van der Waals surface area contributed by atoms with Gasteiger partial charge in [0.2, 0.25) is 0 Å². The number of carbonyl (C=O) groups excluding carboxylic acids is 1. The van der Waals surface area contributed by atoms with Gasteiger partial charge in [0.15, 0.2) is 0 Å². The largest absolute Gasteiger partial charge is 0.462 e. The van der Waals surface area contributed by atoms with Crippen molar-refractivity contribution >= 4 is 11.5 Å². The lowest BCUT2D eigenvalue weighted by Crippen LogP contribution is -2.45. The predicted octanol–water partition coefficient (Wildman–Crippen LogP) is 7.00. The van der Waals surface area contributed by atoms with Crippen molar-refractivity contribution in [1.82, 2.24) is 4.98 Å². The number of allylic oxidation sites excluding steroid dienone is 3. The van der Waals surface area contributed by atoms with Crippen LogP contribution in [0.25, 0.3) is 5.57 Å². The van der Waals surface area contributed by atoms with Crippen LogP contribution >= 0.6 is 0 Å². The molecule has 3 heteroatoms. The first-order chi connectivity index (χ1) is 14.8. The number of esters is 1. The fraction of sp³-hybridized carbons (Fsp3) is 0.643. The van der Waals surface area contributed by atoms with Crippen molar-refractivity contribution in [2.45, 2.75) is 85.2 Å². The van der Waals surface area contributed by atoms with Gasteiger partial charge in [0.25, 0.3) is 0 Å². The number of nitrogens with zero attached hydrogens (tertiary/aromatic N) is 1. The summed E-state index contributed by atoms with van der Waals surface area (Å²) in [5.74, 6) is 2.03. The molecule has 3 aliphatic rings. The van der Waals surface area contributed by atoms with Crippen LogP contribution in [0.3, 0.4) is 0 Å². The SMILES string of the molecule is CCC(=O)O[C@@H]1C/C=C/C[C@@H]2[C@H](CC[C@]3(C)C(c4cccnc4)=CC[C@@H]23)C(C)(C)CC1. The number of aromatic nitrogens is 1. The second-order valence-electron chi connectivity index (χ2n) is 10.9. The van der Waals surface area contributed by atoms with E-state index in [1.54, 1.807) is 0 Å². The van der Waals surface area contributed by atoms with Crippen LogP contribution in [0.1, 0.15) is 84.6 Å². The monoisotopic (exact) mass is 421 g/mol. The minimum Gasteiger partial charge on any atom is -0.462 e. The Morgan fingerprint density at radius 2 is 1.90 bits per heavy atom. The van der Waals surface area contributed by atoms with Crippen molar-refractivity contribution in [3.63, 3.8) is 0 Å². The molecule has 0 aliphatic heterocycles. The Morgan fingerprint density at radius 3 is 2.65 bits per heavy atom. The zero-order valence-electron chi connectivity index (χ0n) is 19.8. The van der Waals surface area contributed by atoms with E-state index in [0.29, 0.717) is 24.2 Å². The van der Waals surface area contributed by atoms with Crippen LogP contribution in [-0.4, -0.2) is 17.1 Å². The molecular weight excluding hydrogens is 382 g/mol. The Bertz CT molecular complexity index is 840. The van der Waals surface area contributed by atoms with Gasteiger partial charge in [-0.15, -0.1) is 0 Å². The van der Waals surface area contributed by atoms with Gasteiger partial charge in [-0.2, -0.15) is 0 Å². The number of carbonyl (C=O) groups is 1. The Hall–Kier alpha value is -1.90. The van der Waals surface area contributed by atoms with Gasteiger partial charge in [0.05, 0.1) is 0 Å². The maximum atomic E-state index is 11.9. The van der Waals surface area contributed by atoms with Gasteiger partial charge < -0.3 is 4.74 Å². The molecule has 0 radical (unpaired) electrons. The lowest BCUT2D eigenvalue weighted by atomic mass is 9.52. The first-order valence-corrected chi connectivity index (χ1v) is 12.3. The zero-order chi connectivity index (χ0) is 22.1. The maximum absolute atomic E-state index is 11.9. The fourth-order valence-corrected chi connectivity index (χ4v) is 6.84. The summed E-state index contributed by atoms with van der Waals surface area (Å²) in [6, 6.07) is 4.29. The number of hydrogen-bond donors (Lipinski definition) is 0. The Morgan fingerprint density at radius 1 is 1.10 bits per heavy atom. The van der Waals surface area contributed by atoms with Crippen molar-refractivity contribution < 1.29 is 9.53 Å². The lowest BCUT2D eigenvalue weighted by Gasteiger charge is -2.53. The molecule has 0 unspecified atom stereocenters. The van der Waals surface area contributed by atoms with E-state index >= 15 is 0 Å². The molecule has 1 saturated carbocycles. The first-order valence-electron chi connectivity index (χ1n) is 12.3. The van der Waals surface area contributed by atoms with Crippen LogP contribution in [0, 0.1) is 28.6 Å². The van der Waals surface area contributed by atoms with Crippen LogP contribution in [0.4, 0.5) is 0 Å². The summed E-state index contributed by atoms with van der Waals surface area (Å²) in [5.41, 5.74) is 3.33. The van der Waals surface area contributed by atoms with Crippen LogP contribution < -0.4 is 0 Å². The van der Waals surface area contributed by atoms with Crippen molar-refractivity contribution in [2.24, 2.45) is 28.6 Å². The highest BCUT2D eigenvalue weighted by Crippen LogP contribution is 2.62. The summed E-state index contributed by atoms with van der Waals surface area (Å²) in [6.07, 6.45) is 19.4. The molecule has 5 atom stereocenters. The van der Waals surface area contributed by atoms with Crippen molar-refractivity contribution in [1.29, 1.82) is 0 Å². The molecule has 0 N–H and O–H groups in total. The van der Waals surface area contributed by atoms with Gasteiger partial charge in [-0.05, 0) is 84.3 Å². The number of rotatable bonds is 3. The molecule has 168 valence electrons. The van der Waals surface area contributed by atoms with Gasteiger partial charge in [0, 0.05) is 25.2 Å². The first kappa shape index (κ1) is 22.3. The average Bonchev–Trinajstić information content (AvgIpc) is 3.12. The summed E-state index contributed by atoms with van der Waals surface area (Å²) < 4.78 is 5.75. The molecule has 3 nitrogen and oxygen atoms in total. The molecule has 1 aromatic rings. The second kappa shape index (κ2) is 8.92. The van der Waals surface area contributed by atoms with E-state index in [1.807, 2.05) is 19.3 Å². The number of pyridine rings is 1. The Kier molecular flexibility index (Phi) is 6.42. The van der Waals surface area contributed by atoms with Crippen molar-refractivity contribution in [3.05, 3.63) is 48.3 Å². The van der Waals surface area contributed by atoms with Gasteiger partial charge in [-0.1, -0.05) is 52.0 Å². The lowest BCUT2D eigenvalue weighted by molar-refractivity contribution is -0.149. The molecule has 0 spiro atoms. The summed E-state index contributed by atoms with van der Waals surface area (Å²) in [5, 5.41) is 0. The third-order valence-corrected chi connectivity index (χ3v) is 8.67. The third kappa shape index (κ3) is 4.38. The van der Waals surface area contributed by atoms with Gasteiger partial charge in [0.1, 0.15) is 6.10 Å². The number of hydrogen-bond acceptors (Lipinski definition) is 3. The summed E-state index contributed by atoms with van der Waals surface area (Å²) in [6.45, 7) is 9.31. The van der Waals surface area contributed by atoms with Crippen molar-refractivity contribution in [3.8, 4) is 0 Å². The van der Waals surface area contributed by atoms with Gasteiger partial charge >= 0.3 is 5.97 Å². The average molecular weight is 422 g/mol. The van der Waals surface area contributed by atoms with E-state index in [0.717, 1.165) is 25.7 Å². The Balaban J connectivity index is 1.57. The maximum Gasteiger partial charge on any atom is 0.305 e. The highest BCUT2D eigenvalue weighted by molar-refractivity contribution is 5.72. The highest BCUT2D eigenvalue weighted by Gasteiger charge is 2.53. The third-order valence-electron chi connectivity index (χ3n) is 8.67. The molecule has 1 fully saturated rings. The van der Waals surface area contributed by atoms with E-state index in [-0.39, 0.29) is 22.9 Å². The van der Waals surface area contributed by atoms with E-state index in [9.17, 15) is 4.79 Å². The van der Waals surface area contributed by atoms with Gasteiger partial charge in [-0.25, -0.2) is 0 Å². The molecule has 0 amide bonds. The van der Waals surface area contributed by atoms with E-state index < -0.39 is 0 Å². The van der Waals surface area contributed by atoms with Crippen LogP contribution in [0.2, 0.25) is 0 Å². The molecule has 0 saturated heterocycles. The standard InChI is InChI=1S/C28H39NO2/c1-5-26(30)31-21-10-6-7-11-22-24(27(2,3)16-14-21)15-17-28(4)23(12-13-25(22)28)20-9-8-18-29-19-20/h6-9,12,18-19,21-22,24-25H,5,10-11,13-17H2,1-4H3/b7-6+/t21-,22-,24+,25+,28-/m1/s1. The second-order valence-corrected chi connectivity index (χ2v) is 10.9. The molecule has 31 heavy (non-hydrogen) atoms. The van der Waals surface area contributed by atoms with E-state index in [2.05, 4.69) is 56.1 Å². The molecule has 0 bridgehead atoms. The number of fused-ring (bicyclic) bond motifs is 3. The molecule has 3 aliphatic carbocycles. The molecular formula is C28H39NO2. The minimum atomic E-state index is -0.0699. The van der Waals surface area contributed by atoms with Crippen molar-refractivity contribution in [2.75, 3.05) is 0 Å². The van der Waals surface area contributed by atoms with Crippen LogP contribution in [-0.2, 0) is 9.53 Å². The minimum absolute atomic E-state index is 0.0266. The smallest absolute Gasteiger partial charge is 0.305 e. The van der Waals surface area contributed by atoms with E-state index in [1.165, 1.54) is 30.4 Å². The zero-order valence-corrected chi connectivity index (χ0v) is 19.8. The molecule has 1 aromatic heterocycles. The fourth-order valence-electron chi connectivity index (χ4n) is 6.84. The molecule has 4 rings (SSSR count). The molecule has 1 heterocycles. The summed E-state index contributed by atoms with van der Waals surface area (Å²) in [4.78, 5) is 16.3. The van der Waals surface area contributed by atoms with E-state index in [4.69, 9.17) is 4.74 Å². The number of ether oxygens (including phenoxy) is 1. The van der Waals surface area contributed by atoms with Crippen LogP contribution in [0.5, 0.6) is 0 Å².